The lowest BCUT2D eigenvalue weighted by molar-refractivity contribution is 0.414. The van der Waals surface area contributed by atoms with Crippen molar-refractivity contribution < 1.29 is 9.84 Å². The van der Waals surface area contributed by atoms with E-state index in [0.717, 1.165) is 49.6 Å². The zero-order valence-corrected chi connectivity index (χ0v) is 16.3. The second-order valence-corrected chi connectivity index (χ2v) is 7.01. The van der Waals surface area contributed by atoms with Crippen LogP contribution in [-0.2, 0) is 0 Å². The summed E-state index contributed by atoms with van der Waals surface area (Å²) >= 11 is 0. The molecule has 0 bridgehead atoms. The maximum atomic E-state index is 10.3. The summed E-state index contributed by atoms with van der Waals surface area (Å²) in [6.07, 6.45) is 5.88. The number of rotatable bonds is 4. The molecule has 1 aliphatic heterocycles. The summed E-state index contributed by atoms with van der Waals surface area (Å²) < 4.78 is 5.39. The first-order chi connectivity index (χ1) is 14.7. The molecule has 0 fully saturated rings. The fraction of sp³-hybridized carbons (Fsp3) is 0.0400. The van der Waals surface area contributed by atoms with Crippen LogP contribution < -0.4 is 15.2 Å². The molecule has 0 amide bonds. The first-order valence-electron chi connectivity index (χ1n) is 9.61. The van der Waals surface area contributed by atoms with Gasteiger partial charge in [-0.1, -0.05) is 42.5 Å². The highest BCUT2D eigenvalue weighted by atomic mass is 16.5. The number of hydrogen-bond acceptors (Lipinski definition) is 4. The first kappa shape index (κ1) is 17.9. The molecule has 3 aromatic carbocycles. The van der Waals surface area contributed by atoms with Gasteiger partial charge in [0, 0.05) is 27.2 Å². The largest absolute Gasteiger partial charge is 0.496 e. The van der Waals surface area contributed by atoms with Crippen molar-refractivity contribution in [1.82, 2.24) is 4.98 Å². The molecule has 0 spiro atoms. The van der Waals surface area contributed by atoms with Gasteiger partial charge in [-0.25, -0.2) is 0 Å². The quantitative estimate of drug-likeness (QED) is 0.531. The SMILES string of the molecule is COc1ccccc1/C=C/C1=c2ccc(=Cc3c(O)[nH]c4ccccc34)cc2N=N1. The summed E-state index contributed by atoms with van der Waals surface area (Å²) in [6.45, 7) is 0. The van der Waals surface area contributed by atoms with Crippen molar-refractivity contribution in [2.75, 3.05) is 7.11 Å². The van der Waals surface area contributed by atoms with E-state index in [2.05, 4.69) is 15.2 Å². The third-order valence-electron chi connectivity index (χ3n) is 5.16. The van der Waals surface area contributed by atoms with Gasteiger partial charge in [0.25, 0.3) is 0 Å². The zero-order chi connectivity index (χ0) is 20.5. The van der Waals surface area contributed by atoms with Crippen LogP contribution in [0.15, 0.2) is 83.0 Å². The predicted octanol–water partition coefficient (Wildman–Crippen LogP) is 4.63. The van der Waals surface area contributed by atoms with Crippen molar-refractivity contribution in [3.8, 4) is 11.6 Å². The van der Waals surface area contributed by atoms with E-state index in [0.29, 0.717) is 0 Å². The Labute approximate surface area is 173 Å². The monoisotopic (exact) mass is 393 g/mol. The highest BCUT2D eigenvalue weighted by Crippen LogP contribution is 2.27. The molecule has 5 heteroatoms. The molecule has 1 aromatic heterocycles. The summed E-state index contributed by atoms with van der Waals surface area (Å²) in [5, 5.41) is 21.8. The Bertz CT molecular complexity index is 1450. The number of hydrogen-bond donors (Lipinski definition) is 2. The van der Waals surface area contributed by atoms with Gasteiger partial charge in [0.1, 0.15) is 5.75 Å². The zero-order valence-electron chi connectivity index (χ0n) is 16.3. The molecule has 0 radical (unpaired) electrons. The Kier molecular flexibility index (Phi) is 4.41. The fourth-order valence-electron chi connectivity index (χ4n) is 3.66. The first-order valence-corrected chi connectivity index (χ1v) is 9.61. The summed E-state index contributed by atoms with van der Waals surface area (Å²) in [5.41, 5.74) is 4.26. The molecule has 0 aliphatic carbocycles. The maximum Gasteiger partial charge on any atom is 0.196 e. The molecule has 0 saturated heterocycles. The lowest BCUT2D eigenvalue weighted by Gasteiger charge is -2.02. The van der Waals surface area contributed by atoms with Gasteiger partial charge in [-0.2, -0.15) is 0 Å². The summed E-state index contributed by atoms with van der Waals surface area (Å²) in [6, 6.07) is 21.7. The molecular weight excluding hydrogens is 374 g/mol. The molecule has 2 N–H and O–H groups in total. The van der Waals surface area contributed by atoms with Crippen LogP contribution in [0.4, 0.5) is 5.69 Å². The number of nitrogens with zero attached hydrogens (tertiary/aromatic N) is 2. The number of aromatic nitrogens is 1. The number of ether oxygens (including phenoxy) is 1. The second-order valence-electron chi connectivity index (χ2n) is 7.01. The van der Waals surface area contributed by atoms with Gasteiger partial charge >= 0.3 is 0 Å². The van der Waals surface area contributed by atoms with E-state index >= 15 is 0 Å². The van der Waals surface area contributed by atoms with E-state index in [4.69, 9.17) is 4.74 Å². The number of H-pyrrole nitrogens is 1. The van der Waals surface area contributed by atoms with Gasteiger partial charge in [0.05, 0.1) is 18.5 Å². The molecule has 2 heterocycles. The van der Waals surface area contributed by atoms with Crippen molar-refractivity contribution in [2.45, 2.75) is 0 Å². The van der Waals surface area contributed by atoms with Gasteiger partial charge in [0.15, 0.2) is 5.88 Å². The lowest BCUT2D eigenvalue weighted by atomic mass is 10.1. The van der Waals surface area contributed by atoms with Crippen LogP contribution in [0, 0.1) is 0 Å². The Balaban J connectivity index is 1.54. The highest BCUT2D eigenvalue weighted by molar-refractivity contribution is 5.91. The van der Waals surface area contributed by atoms with Crippen LogP contribution in [0.5, 0.6) is 11.6 Å². The summed E-state index contributed by atoms with van der Waals surface area (Å²) in [4.78, 5) is 3.01. The van der Waals surface area contributed by atoms with Gasteiger partial charge in [-0.15, -0.1) is 10.2 Å². The Morgan fingerprint density at radius 3 is 2.67 bits per heavy atom. The second kappa shape index (κ2) is 7.37. The molecule has 0 saturated carbocycles. The van der Waals surface area contributed by atoms with E-state index in [1.54, 1.807) is 7.11 Å². The topological polar surface area (TPSA) is 70.0 Å². The molecular formula is C25H19N3O2. The third-order valence-corrected chi connectivity index (χ3v) is 5.16. The molecule has 146 valence electrons. The van der Waals surface area contributed by atoms with E-state index in [9.17, 15) is 5.11 Å². The minimum Gasteiger partial charge on any atom is -0.496 e. The Morgan fingerprint density at radius 1 is 0.933 bits per heavy atom. The fourth-order valence-corrected chi connectivity index (χ4v) is 3.66. The lowest BCUT2D eigenvalue weighted by Crippen LogP contribution is -2.08. The molecule has 1 aliphatic rings. The minimum atomic E-state index is 0.158. The number of aromatic hydroxyl groups is 1. The number of fused-ring (bicyclic) bond motifs is 2. The molecule has 0 unspecified atom stereocenters. The highest BCUT2D eigenvalue weighted by Gasteiger charge is 2.09. The molecule has 5 rings (SSSR count). The number of methoxy groups -OCH3 is 1. The maximum absolute atomic E-state index is 10.3. The van der Waals surface area contributed by atoms with Gasteiger partial charge in [-0.3, -0.25) is 0 Å². The number of para-hydroxylation sites is 2. The van der Waals surface area contributed by atoms with Crippen LogP contribution in [0.3, 0.4) is 0 Å². The van der Waals surface area contributed by atoms with Gasteiger partial charge < -0.3 is 14.8 Å². The van der Waals surface area contributed by atoms with Crippen molar-refractivity contribution in [2.24, 2.45) is 10.2 Å². The van der Waals surface area contributed by atoms with E-state index < -0.39 is 0 Å². The smallest absolute Gasteiger partial charge is 0.196 e. The molecule has 4 aromatic rings. The van der Waals surface area contributed by atoms with Crippen LogP contribution in [0.25, 0.3) is 28.8 Å². The number of aromatic amines is 1. The van der Waals surface area contributed by atoms with Crippen LogP contribution in [0.1, 0.15) is 11.1 Å². The molecule has 0 atom stereocenters. The van der Waals surface area contributed by atoms with E-state index in [-0.39, 0.29) is 5.88 Å². The standard InChI is InChI=1S/C25H19N3O2/c1-30-24-9-5-2-6-17(24)11-13-22-19-12-10-16(15-23(19)28-27-22)14-20-18-7-3-4-8-21(18)26-25(20)29/h2-15,26,29H,1H3/b13-11+,16-14?. The molecule has 30 heavy (non-hydrogen) atoms. The Hall–Kier alpha value is -4.12. The van der Waals surface area contributed by atoms with Gasteiger partial charge in [-0.05, 0) is 47.7 Å². The van der Waals surface area contributed by atoms with Gasteiger partial charge in [0.2, 0.25) is 0 Å². The minimum absolute atomic E-state index is 0.158. The molecule has 5 nitrogen and oxygen atoms in total. The normalized spacial score (nSPS) is 13.5. The number of nitrogens with one attached hydrogen (secondary N) is 1. The third kappa shape index (κ3) is 3.16. The number of azo groups is 1. The van der Waals surface area contributed by atoms with Crippen molar-refractivity contribution >= 4 is 34.4 Å². The average Bonchev–Trinajstić information content (AvgIpc) is 3.32. The van der Waals surface area contributed by atoms with Crippen LogP contribution in [0.2, 0.25) is 0 Å². The van der Waals surface area contributed by atoms with Crippen LogP contribution in [-0.4, -0.2) is 17.2 Å². The van der Waals surface area contributed by atoms with Crippen LogP contribution >= 0.6 is 0 Å². The van der Waals surface area contributed by atoms with Crippen molar-refractivity contribution in [1.29, 1.82) is 0 Å². The van der Waals surface area contributed by atoms with E-state index in [1.807, 2.05) is 85.0 Å². The Morgan fingerprint density at radius 2 is 1.77 bits per heavy atom. The predicted molar refractivity (Wildman–Crippen MR) is 119 cm³/mol. The summed E-state index contributed by atoms with van der Waals surface area (Å²) in [7, 11) is 1.66. The average molecular weight is 393 g/mol. The summed E-state index contributed by atoms with van der Waals surface area (Å²) in [5.74, 6) is 0.971. The number of benzene rings is 3. The van der Waals surface area contributed by atoms with Crippen molar-refractivity contribution in [3.63, 3.8) is 0 Å². The van der Waals surface area contributed by atoms with E-state index in [1.165, 1.54) is 0 Å². The van der Waals surface area contributed by atoms with Crippen molar-refractivity contribution in [3.05, 3.63) is 94.4 Å².